The van der Waals surface area contributed by atoms with E-state index in [1.165, 1.54) is 5.39 Å². The van der Waals surface area contributed by atoms with E-state index in [0.717, 1.165) is 83.1 Å². The zero-order chi connectivity index (χ0) is 41.0. The molecule has 8 aromatic carbocycles. The fraction of sp³-hybridized carbons (Fsp3) is 0. The number of para-hydroxylation sites is 2. The number of hydrogen-bond acceptors (Lipinski definition) is 5. The van der Waals surface area contributed by atoms with Gasteiger partial charge in [0.25, 0.3) is 0 Å². The predicted molar refractivity (Wildman–Crippen MR) is 251 cm³/mol. The van der Waals surface area contributed by atoms with Crippen LogP contribution in [-0.4, -0.2) is 34.1 Å². The van der Waals surface area contributed by atoms with Crippen LogP contribution in [0.3, 0.4) is 0 Å². The van der Waals surface area contributed by atoms with Crippen LogP contribution in [0.15, 0.2) is 212 Å². The van der Waals surface area contributed by atoms with Crippen molar-refractivity contribution in [3.05, 3.63) is 212 Å². The molecule has 62 heavy (non-hydrogen) atoms. The molecule has 4 heterocycles. The first-order chi connectivity index (χ1) is 30.7. The van der Waals surface area contributed by atoms with Gasteiger partial charge in [0.2, 0.25) is 5.95 Å². The molecular weight excluding hydrogens is 759 g/mol. The molecule has 0 saturated carbocycles. The molecule has 290 valence electrons. The monoisotopic (exact) mass is 793 g/mol. The molecule has 0 spiro atoms. The van der Waals surface area contributed by atoms with Gasteiger partial charge in [-0.3, -0.25) is 4.57 Å². The van der Waals surface area contributed by atoms with Crippen molar-refractivity contribution in [3.63, 3.8) is 0 Å². The summed E-state index contributed by atoms with van der Waals surface area (Å²) in [7, 11) is 0. The van der Waals surface area contributed by atoms with Gasteiger partial charge in [0.15, 0.2) is 17.5 Å². The fourth-order valence-corrected chi connectivity index (χ4v) is 8.69. The summed E-state index contributed by atoms with van der Waals surface area (Å²) in [4.78, 5) is 25.6. The first-order valence-electron chi connectivity index (χ1n) is 20.7. The van der Waals surface area contributed by atoms with Crippen LogP contribution >= 0.6 is 0 Å². The smallest absolute Gasteiger partial charge is 0.238 e. The molecule has 0 atom stereocenters. The quantitative estimate of drug-likeness (QED) is 0.161. The van der Waals surface area contributed by atoms with Crippen molar-refractivity contribution in [3.8, 4) is 68.3 Å². The molecule has 12 aromatic rings. The van der Waals surface area contributed by atoms with Gasteiger partial charge in [-0.15, -0.1) is 0 Å². The van der Waals surface area contributed by atoms with E-state index in [1.807, 2.05) is 97.1 Å². The maximum atomic E-state index is 5.20. The molecule has 0 fully saturated rings. The van der Waals surface area contributed by atoms with Gasteiger partial charge in [-0.05, 0) is 42.5 Å². The number of fused-ring (bicyclic) bond motifs is 6. The highest BCUT2D eigenvalue weighted by Gasteiger charge is 2.21. The molecule has 0 amide bonds. The highest BCUT2D eigenvalue weighted by Crippen LogP contribution is 2.40. The zero-order valence-corrected chi connectivity index (χ0v) is 33.3. The summed E-state index contributed by atoms with van der Waals surface area (Å²) in [6.07, 6.45) is 0. The molecule has 0 radical (unpaired) electrons. The van der Waals surface area contributed by atoms with Crippen molar-refractivity contribution < 1.29 is 0 Å². The Morgan fingerprint density at radius 1 is 0.258 bits per heavy atom. The average molecular weight is 794 g/mol. The topological polar surface area (TPSA) is 74.3 Å². The summed E-state index contributed by atoms with van der Waals surface area (Å²) in [5.41, 5.74) is 11.8. The van der Waals surface area contributed by atoms with Crippen LogP contribution in [0, 0.1) is 0 Å². The first-order valence-corrected chi connectivity index (χ1v) is 20.7. The van der Waals surface area contributed by atoms with Crippen molar-refractivity contribution in [1.82, 2.24) is 34.1 Å². The second kappa shape index (κ2) is 14.6. The highest BCUT2D eigenvalue weighted by atomic mass is 15.2. The van der Waals surface area contributed by atoms with Crippen LogP contribution in [0.2, 0.25) is 0 Å². The summed E-state index contributed by atoms with van der Waals surface area (Å²) in [6.45, 7) is 0. The largest absolute Gasteiger partial charge is 0.309 e. The van der Waals surface area contributed by atoms with Crippen LogP contribution in [-0.2, 0) is 0 Å². The Morgan fingerprint density at radius 3 is 1.26 bits per heavy atom. The Kier molecular flexibility index (Phi) is 8.35. The summed E-state index contributed by atoms with van der Waals surface area (Å²) in [5, 5.41) is 4.57. The Balaban J connectivity index is 1.10. The number of benzene rings is 8. The lowest BCUT2D eigenvalue weighted by atomic mass is 10.1. The van der Waals surface area contributed by atoms with Gasteiger partial charge in [0.05, 0.1) is 33.5 Å². The molecule has 0 saturated heterocycles. The summed E-state index contributed by atoms with van der Waals surface area (Å²) >= 11 is 0. The van der Waals surface area contributed by atoms with Crippen molar-refractivity contribution >= 4 is 43.6 Å². The molecule has 0 bridgehead atoms. The zero-order valence-electron chi connectivity index (χ0n) is 33.3. The Bertz CT molecular complexity index is 3500. The first kappa shape index (κ1) is 35.4. The third-order valence-corrected chi connectivity index (χ3v) is 11.6. The lowest BCUT2D eigenvalue weighted by Gasteiger charge is -2.13. The summed E-state index contributed by atoms with van der Waals surface area (Å²) < 4.78 is 4.56. The van der Waals surface area contributed by atoms with Gasteiger partial charge in [-0.2, -0.15) is 9.97 Å². The van der Waals surface area contributed by atoms with E-state index in [0.29, 0.717) is 23.4 Å². The molecular formula is C55H35N7. The molecule has 0 N–H and O–H groups in total. The number of hydrogen-bond donors (Lipinski definition) is 0. The van der Waals surface area contributed by atoms with E-state index < -0.39 is 0 Å². The minimum atomic E-state index is 0.556. The van der Waals surface area contributed by atoms with Crippen molar-refractivity contribution in [2.24, 2.45) is 0 Å². The molecule has 7 nitrogen and oxygen atoms in total. The molecule has 12 rings (SSSR count). The Hall–Kier alpha value is -8.55. The van der Waals surface area contributed by atoms with Gasteiger partial charge in [-0.25, -0.2) is 15.0 Å². The van der Waals surface area contributed by atoms with Crippen LogP contribution in [0.5, 0.6) is 0 Å². The maximum Gasteiger partial charge on any atom is 0.238 e. The molecule has 0 unspecified atom stereocenters. The van der Waals surface area contributed by atoms with E-state index in [4.69, 9.17) is 24.9 Å². The van der Waals surface area contributed by atoms with Crippen LogP contribution < -0.4 is 0 Å². The molecule has 0 aliphatic rings. The maximum absolute atomic E-state index is 5.20. The Labute approximate surface area is 356 Å². The van der Waals surface area contributed by atoms with Crippen molar-refractivity contribution in [2.45, 2.75) is 0 Å². The van der Waals surface area contributed by atoms with Gasteiger partial charge in [-0.1, -0.05) is 170 Å². The van der Waals surface area contributed by atoms with Crippen molar-refractivity contribution in [2.75, 3.05) is 0 Å². The number of rotatable bonds is 7. The third kappa shape index (κ3) is 6.02. The minimum Gasteiger partial charge on any atom is -0.309 e. The average Bonchev–Trinajstić information content (AvgIpc) is 3.86. The van der Waals surface area contributed by atoms with Crippen molar-refractivity contribution in [1.29, 1.82) is 0 Å². The number of nitrogens with zero attached hydrogens (tertiary/aromatic N) is 7. The van der Waals surface area contributed by atoms with Crippen LogP contribution in [0.4, 0.5) is 0 Å². The van der Waals surface area contributed by atoms with E-state index in [2.05, 4.69) is 124 Å². The Morgan fingerprint density at radius 2 is 0.694 bits per heavy atom. The van der Waals surface area contributed by atoms with E-state index in [9.17, 15) is 0 Å². The number of aromatic nitrogens is 7. The second-order valence-corrected chi connectivity index (χ2v) is 15.4. The molecule has 0 aliphatic heterocycles. The SMILES string of the molecule is c1ccc(-c2cc(-c3cccc(-n4c5ccccc5c5cc6c7ccccc7n(-c7nc(-c8ccccc8)nc(-c8ccccc8)n7)c6cc54)c3)nc(-c3ccccc3)n2)cc1. The normalized spacial score (nSPS) is 11.5. The molecule has 0 aliphatic carbocycles. The van der Waals surface area contributed by atoms with Gasteiger partial charge >= 0.3 is 0 Å². The fourth-order valence-electron chi connectivity index (χ4n) is 8.69. The minimum absolute atomic E-state index is 0.556. The molecule has 4 aromatic heterocycles. The lowest BCUT2D eigenvalue weighted by molar-refractivity contribution is 0.953. The van der Waals surface area contributed by atoms with E-state index >= 15 is 0 Å². The third-order valence-electron chi connectivity index (χ3n) is 11.6. The summed E-state index contributed by atoms with van der Waals surface area (Å²) in [6, 6.07) is 73.3. The second-order valence-electron chi connectivity index (χ2n) is 15.4. The highest BCUT2D eigenvalue weighted by molar-refractivity contribution is 6.19. The van der Waals surface area contributed by atoms with Crippen LogP contribution in [0.25, 0.3) is 112 Å². The predicted octanol–water partition coefficient (Wildman–Crippen LogP) is 13.2. The van der Waals surface area contributed by atoms with Gasteiger partial charge < -0.3 is 4.57 Å². The standard InChI is InChI=1S/C55H35N7/c1-5-18-36(19-6-1)46-34-47(57-52(56-46)37-20-7-2-8-21-37)40-26-17-27-41(32-40)61-48-30-15-13-28-42(48)44-33-45-43-29-14-16-31-49(43)62(51(45)35-50(44)61)55-59-53(38-22-9-3-10-23-38)58-54(60-55)39-24-11-4-12-25-39/h1-35H. The van der Waals surface area contributed by atoms with E-state index in [1.54, 1.807) is 0 Å². The molecule has 7 heteroatoms. The van der Waals surface area contributed by atoms with E-state index in [-0.39, 0.29) is 0 Å². The summed E-state index contributed by atoms with van der Waals surface area (Å²) in [5.74, 6) is 2.47. The lowest BCUT2D eigenvalue weighted by Crippen LogP contribution is -2.06. The van der Waals surface area contributed by atoms with Gasteiger partial charge in [0, 0.05) is 55.0 Å². The van der Waals surface area contributed by atoms with Gasteiger partial charge in [0.1, 0.15) is 0 Å². The van der Waals surface area contributed by atoms with Crippen LogP contribution in [0.1, 0.15) is 0 Å².